The molecule has 1 aromatic heterocycles. The molecule has 0 aliphatic carbocycles. The summed E-state index contributed by atoms with van der Waals surface area (Å²) >= 11 is 6.19. The van der Waals surface area contributed by atoms with Gasteiger partial charge in [0, 0.05) is 23.2 Å². The van der Waals surface area contributed by atoms with E-state index in [1.807, 2.05) is 43.3 Å². The molecule has 1 heterocycles. The molecule has 0 saturated carbocycles. The molecule has 0 spiro atoms. The number of aryl methyl sites for hydroxylation is 1. The minimum atomic E-state index is 0.706. The molecule has 0 unspecified atom stereocenters. The van der Waals surface area contributed by atoms with Gasteiger partial charge in [0.25, 0.3) is 0 Å². The van der Waals surface area contributed by atoms with Gasteiger partial charge in [0.15, 0.2) is 0 Å². The van der Waals surface area contributed by atoms with Gasteiger partial charge < -0.3 is 10.1 Å². The predicted molar refractivity (Wildman–Crippen MR) is 91.8 cm³/mol. The monoisotopic (exact) mass is 312 g/mol. The maximum absolute atomic E-state index is 6.19. The highest BCUT2D eigenvalue weighted by Gasteiger charge is 2.05. The van der Waals surface area contributed by atoms with Crippen molar-refractivity contribution in [2.24, 2.45) is 0 Å². The van der Waals surface area contributed by atoms with E-state index in [1.165, 1.54) is 5.56 Å². The molecule has 0 atom stereocenters. The van der Waals surface area contributed by atoms with Crippen LogP contribution in [0.1, 0.15) is 11.1 Å². The van der Waals surface area contributed by atoms with E-state index in [2.05, 4.69) is 16.4 Å². The lowest BCUT2D eigenvalue weighted by atomic mass is 10.1. The van der Waals surface area contributed by atoms with E-state index >= 15 is 0 Å². The lowest BCUT2D eigenvalue weighted by Crippen LogP contribution is -2.02. The van der Waals surface area contributed by atoms with Crippen LogP contribution in [0.3, 0.4) is 0 Å². The predicted octanol–water partition coefficient (Wildman–Crippen LogP) is 4.82. The van der Waals surface area contributed by atoms with Crippen LogP contribution < -0.4 is 10.1 Å². The number of benzene rings is 2. The topological polar surface area (TPSA) is 34.1 Å². The number of hydrogen-bond acceptors (Lipinski definition) is 3. The molecule has 112 valence electrons. The Labute approximate surface area is 134 Å². The van der Waals surface area contributed by atoms with Crippen molar-refractivity contribution in [3.05, 3.63) is 64.8 Å². The van der Waals surface area contributed by atoms with Gasteiger partial charge in [0.05, 0.1) is 7.11 Å². The summed E-state index contributed by atoms with van der Waals surface area (Å²) in [5.74, 6) is 1.73. The Morgan fingerprint density at radius 1 is 1.14 bits per heavy atom. The molecular weight excluding hydrogens is 296 g/mol. The number of nitrogens with zero attached hydrogens (tertiary/aromatic N) is 1. The minimum absolute atomic E-state index is 0.706. The van der Waals surface area contributed by atoms with Gasteiger partial charge in [-0.05, 0) is 53.8 Å². The van der Waals surface area contributed by atoms with Crippen molar-refractivity contribution in [2.75, 3.05) is 12.4 Å². The number of hydrogen-bond donors (Lipinski definition) is 1. The van der Waals surface area contributed by atoms with Gasteiger partial charge in [-0.15, -0.1) is 0 Å². The van der Waals surface area contributed by atoms with E-state index in [1.54, 1.807) is 13.3 Å². The molecule has 0 bridgehead atoms. The first-order valence-corrected chi connectivity index (χ1v) is 7.47. The zero-order chi connectivity index (χ0) is 15.5. The SMILES string of the molecule is COc1ccc(CNc2nccc3cc(Cl)c(C)cc23)cc1. The molecule has 3 nitrogen and oxygen atoms in total. The third-order valence-electron chi connectivity index (χ3n) is 3.66. The van der Waals surface area contributed by atoms with Crippen LogP contribution in [0.2, 0.25) is 5.02 Å². The summed E-state index contributed by atoms with van der Waals surface area (Å²) in [6.07, 6.45) is 1.80. The van der Waals surface area contributed by atoms with Crippen molar-refractivity contribution in [2.45, 2.75) is 13.5 Å². The van der Waals surface area contributed by atoms with Gasteiger partial charge in [-0.2, -0.15) is 0 Å². The van der Waals surface area contributed by atoms with Gasteiger partial charge in [-0.3, -0.25) is 0 Å². The second kappa shape index (κ2) is 6.24. The maximum atomic E-state index is 6.19. The molecule has 22 heavy (non-hydrogen) atoms. The highest BCUT2D eigenvalue weighted by atomic mass is 35.5. The van der Waals surface area contributed by atoms with Crippen molar-refractivity contribution < 1.29 is 4.74 Å². The van der Waals surface area contributed by atoms with Crippen LogP contribution in [-0.2, 0) is 6.54 Å². The smallest absolute Gasteiger partial charge is 0.134 e. The normalized spacial score (nSPS) is 10.7. The molecular formula is C18H17ClN2O. The summed E-state index contributed by atoms with van der Waals surface area (Å²) in [6, 6.07) is 14.0. The van der Waals surface area contributed by atoms with E-state index in [9.17, 15) is 0 Å². The summed E-state index contributed by atoms with van der Waals surface area (Å²) in [5, 5.41) is 6.34. The average Bonchev–Trinajstić information content (AvgIpc) is 2.54. The van der Waals surface area contributed by atoms with Crippen LogP contribution in [0.15, 0.2) is 48.7 Å². The maximum Gasteiger partial charge on any atom is 0.134 e. The second-order valence-electron chi connectivity index (χ2n) is 5.18. The summed E-state index contributed by atoms with van der Waals surface area (Å²) in [4.78, 5) is 4.45. The Kier molecular flexibility index (Phi) is 4.16. The fourth-order valence-corrected chi connectivity index (χ4v) is 2.54. The molecule has 0 amide bonds. The molecule has 0 aliphatic heterocycles. The zero-order valence-electron chi connectivity index (χ0n) is 12.6. The largest absolute Gasteiger partial charge is 0.497 e. The Bertz CT molecular complexity index is 800. The number of rotatable bonds is 4. The van der Waals surface area contributed by atoms with Crippen molar-refractivity contribution in [3.63, 3.8) is 0 Å². The number of halogens is 1. The first-order chi connectivity index (χ1) is 10.7. The third kappa shape index (κ3) is 3.00. The highest BCUT2D eigenvalue weighted by Crippen LogP contribution is 2.27. The molecule has 0 fully saturated rings. The quantitative estimate of drug-likeness (QED) is 0.750. The van der Waals surface area contributed by atoms with Crippen molar-refractivity contribution in [1.82, 2.24) is 4.98 Å². The van der Waals surface area contributed by atoms with Gasteiger partial charge in [0.2, 0.25) is 0 Å². The van der Waals surface area contributed by atoms with E-state index in [-0.39, 0.29) is 0 Å². The van der Waals surface area contributed by atoms with E-state index in [0.717, 1.165) is 32.9 Å². The molecule has 2 aromatic carbocycles. The molecule has 0 aliphatic rings. The molecule has 0 radical (unpaired) electrons. The van der Waals surface area contributed by atoms with Gasteiger partial charge >= 0.3 is 0 Å². The summed E-state index contributed by atoms with van der Waals surface area (Å²) in [6.45, 7) is 2.71. The number of methoxy groups -OCH3 is 1. The third-order valence-corrected chi connectivity index (χ3v) is 4.07. The average molecular weight is 313 g/mol. The lowest BCUT2D eigenvalue weighted by Gasteiger charge is -2.10. The number of anilines is 1. The summed E-state index contributed by atoms with van der Waals surface area (Å²) < 4.78 is 5.17. The first-order valence-electron chi connectivity index (χ1n) is 7.09. The molecule has 0 saturated heterocycles. The number of nitrogens with one attached hydrogen (secondary N) is 1. The Morgan fingerprint density at radius 2 is 1.91 bits per heavy atom. The Morgan fingerprint density at radius 3 is 2.64 bits per heavy atom. The van der Waals surface area contributed by atoms with Crippen LogP contribution in [-0.4, -0.2) is 12.1 Å². The van der Waals surface area contributed by atoms with Gasteiger partial charge in [0.1, 0.15) is 11.6 Å². The minimum Gasteiger partial charge on any atom is -0.497 e. The Hall–Kier alpha value is -2.26. The first kappa shape index (κ1) is 14.7. The van der Waals surface area contributed by atoms with Crippen LogP contribution in [0, 0.1) is 6.92 Å². The molecule has 3 rings (SSSR count). The lowest BCUT2D eigenvalue weighted by molar-refractivity contribution is 0.414. The van der Waals surface area contributed by atoms with Crippen LogP contribution >= 0.6 is 11.6 Å². The van der Waals surface area contributed by atoms with Crippen LogP contribution in [0.25, 0.3) is 10.8 Å². The summed E-state index contributed by atoms with van der Waals surface area (Å²) in [7, 11) is 1.67. The number of ether oxygens (including phenoxy) is 1. The highest BCUT2D eigenvalue weighted by molar-refractivity contribution is 6.32. The van der Waals surface area contributed by atoms with Gasteiger partial charge in [-0.25, -0.2) is 4.98 Å². The fraction of sp³-hybridized carbons (Fsp3) is 0.167. The van der Waals surface area contributed by atoms with Gasteiger partial charge in [-0.1, -0.05) is 23.7 Å². The van der Waals surface area contributed by atoms with E-state index in [4.69, 9.17) is 16.3 Å². The van der Waals surface area contributed by atoms with E-state index in [0.29, 0.717) is 6.54 Å². The van der Waals surface area contributed by atoms with Crippen molar-refractivity contribution in [1.29, 1.82) is 0 Å². The van der Waals surface area contributed by atoms with Crippen LogP contribution in [0.5, 0.6) is 5.75 Å². The number of pyridine rings is 1. The zero-order valence-corrected chi connectivity index (χ0v) is 13.3. The molecule has 4 heteroatoms. The molecule has 1 N–H and O–H groups in total. The number of fused-ring (bicyclic) bond motifs is 1. The fourth-order valence-electron chi connectivity index (χ4n) is 2.37. The van der Waals surface area contributed by atoms with Crippen molar-refractivity contribution >= 4 is 28.2 Å². The van der Waals surface area contributed by atoms with Crippen LogP contribution in [0.4, 0.5) is 5.82 Å². The van der Waals surface area contributed by atoms with E-state index < -0.39 is 0 Å². The Balaban J connectivity index is 1.85. The number of aromatic nitrogens is 1. The van der Waals surface area contributed by atoms with Crippen molar-refractivity contribution in [3.8, 4) is 5.75 Å². The molecule has 3 aromatic rings. The second-order valence-corrected chi connectivity index (χ2v) is 5.59. The standard InChI is InChI=1S/C18H17ClN2O/c1-12-9-16-14(10-17(12)19)7-8-20-18(16)21-11-13-3-5-15(22-2)6-4-13/h3-10H,11H2,1-2H3,(H,20,21). The summed E-state index contributed by atoms with van der Waals surface area (Å²) in [5.41, 5.74) is 2.22.